The lowest BCUT2D eigenvalue weighted by Gasteiger charge is -2.14. The van der Waals surface area contributed by atoms with Gasteiger partial charge in [0.1, 0.15) is 6.61 Å². The molecule has 0 fully saturated rings. The Balaban J connectivity index is 2.37. The fourth-order valence-electron chi connectivity index (χ4n) is 1.68. The highest BCUT2D eigenvalue weighted by Gasteiger charge is 2.22. The summed E-state index contributed by atoms with van der Waals surface area (Å²) in [6.07, 6.45) is 0.0676. The Kier molecular flexibility index (Phi) is 6.90. The second-order valence-corrected chi connectivity index (χ2v) is 4.73. The maximum absolute atomic E-state index is 11.8. The van der Waals surface area contributed by atoms with Crippen molar-refractivity contribution in [3.05, 3.63) is 35.9 Å². The standard InChI is InChI=1S/C15H21NO4/c1-11(8-14(17)13(16)10-19-2)15(18)20-9-12-6-4-3-5-7-12/h3-7,11,13H,8-10,16H2,1-2H3/t11-,13+/m1/s1. The van der Waals surface area contributed by atoms with Crippen LogP contribution in [0.4, 0.5) is 0 Å². The molecule has 0 aliphatic carbocycles. The molecule has 0 heterocycles. The molecule has 0 unspecified atom stereocenters. The average Bonchev–Trinajstić information content (AvgIpc) is 2.45. The zero-order valence-corrected chi connectivity index (χ0v) is 11.9. The van der Waals surface area contributed by atoms with Crippen LogP contribution in [0.5, 0.6) is 0 Å². The van der Waals surface area contributed by atoms with Gasteiger partial charge in [0.25, 0.3) is 0 Å². The zero-order valence-electron chi connectivity index (χ0n) is 11.9. The molecule has 2 atom stereocenters. The zero-order chi connectivity index (χ0) is 15.0. The first-order valence-corrected chi connectivity index (χ1v) is 6.52. The molecule has 0 amide bonds. The van der Waals surface area contributed by atoms with Crippen molar-refractivity contribution in [1.29, 1.82) is 0 Å². The van der Waals surface area contributed by atoms with Gasteiger partial charge >= 0.3 is 5.97 Å². The Hall–Kier alpha value is -1.72. The molecule has 2 N–H and O–H groups in total. The molecule has 0 bridgehead atoms. The summed E-state index contributed by atoms with van der Waals surface area (Å²) in [7, 11) is 1.48. The van der Waals surface area contributed by atoms with E-state index in [9.17, 15) is 9.59 Å². The molecule has 1 rings (SSSR count). The molecule has 1 aromatic carbocycles. The largest absolute Gasteiger partial charge is 0.461 e. The third-order valence-corrected chi connectivity index (χ3v) is 2.89. The van der Waals surface area contributed by atoms with Gasteiger partial charge in [0.2, 0.25) is 0 Å². The Morgan fingerprint density at radius 3 is 2.50 bits per heavy atom. The summed E-state index contributed by atoms with van der Waals surface area (Å²) < 4.78 is 9.98. The fraction of sp³-hybridized carbons (Fsp3) is 0.467. The molecule has 0 spiro atoms. The second-order valence-electron chi connectivity index (χ2n) is 4.73. The SMILES string of the molecule is COC[C@H](N)C(=O)C[C@@H](C)C(=O)OCc1ccccc1. The van der Waals surface area contributed by atoms with Crippen LogP contribution in [0.25, 0.3) is 0 Å². The lowest BCUT2D eigenvalue weighted by molar-refractivity contribution is -0.150. The van der Waals surface area contributed by atoms with E-state index in [1.807, 2.05) is 30.3 Å². The minimum atomic E-state index is -0.690. The summed E-state index contributed by atoms with van der Waals surface area (Å²) >= 11 is 0. The Bertz CT molecular complexity index is 433. The molecule has 0 aromatic heterocycles. The third kappa shape index (κ3) is 5.50. The minimum Gasteiger partial charge on any atom is -0.461 e. The summed E-state index contributed by atoms with van der Waals surface area (Å²) in [5, 5.41) is 0. The first kappa shape index (κ1) is 16.3. The summed E-state index contributed by atoms with van der Waals surface area (Å²) in [6, 6.07) is 8.70. The number of esters is 1. The average molecular weight is 279 g/mol. The second kappa shape index (κ2) is 8.45. The predicted octanol–water partition coefficient (Wildman–Crippen LogP) is 1.30. The van der Waals surface area contributed by atoms with Crippen molar-refractivity contribution in [1.82, 2.24) is 0 Å². The molecule has 0 saturated carbocycles. The van der Waals surface area contributed by atoms with Crippen molar-refractivity contribution in [2.24, 2.45) is 11.7 Å². The van der Waals surface area contributed by atoms with E-state index in [4.69, 9.17) is 15.2 Å². The molecule has 0 saturated heterocycles. The number of ketones is 1. The number of hydrogen-bond donors (Lipinski definition) is 1. The van der Waals surface area contributed by atoms with Gasteiger partial charge in [-0.05, 0) is 5.56 Å². The van der Waals surface area contributed by atoms with Gasteiger partial charge in [-0.15, -0.1) is 0 Å². The molecule has 110 valence electrons. The number of hydrogen-bond acceptors (Lipinski definition) is 5. The summed E-state index contributed by atoms with van der Waals surface area (Å²) in [6.45, 7) is 2.03. The number of carbonyl (C=O) groups excluding carboxylic acids is 2. The number of carbonyl (C=O) groups is 2. The van der Waals surface area contributed by atoms with Crippen molar-refractivity contribution in [3.63, 3.8) is 0 Å². The van der Waals surface area contributed by atoms with E-state index in [0.717, 1.165) is 5.56 Å². The number of benzene rings is 1. The normalized spacial score (nSPS) is 13.6. The van der Waals surface area contributed by atoms with Crippen LogP contribution in [0.3, 0.4) is 0 Å². The molecule has 0 aliphatic heterocycles. The number of nitrogens with two attached hydrogens (primary N) is 1. The van der Waals surface area contributed by atoms with Gasteiger partial charge < -0.3 is 15.2 Å². The first-order chi connectivity index (χ1) is 9.54. The van der Waals surface area contributed by atoms with Crippen LogP contribution >= 0.6 is 0 Å². The maximum atomic E-state index is 11.8. The molecular weight excluding hydrogens is 258 g/mol. The van der Waals surface area contributed by atoms with Crippen molar-refractivity contribution >= 4 is 11.8 Å². The van der Waals surface area contributed by atoms with E-state index < -0.39 is 17.9 Å². The van der Waals surface area contributed by atoms with Crippen LogP contribution < -0.4 is 5.73 Å². The van der Waals surface area contributed by atoms with Gasteiger partial charge in [0.05, 0.1) is 18.6 Å². The van der Waals surface area contributed by atoms with Gasteiger partial charge in [-0.2, -0.15) is 0 Å². The molecule has 5 heteroatoms. The molecule has 20 heavy (non-hydrogen) atoms. The monoisotopic (exact) mass is 279 g/mol. The Labute approximate surface area is 119 Å². The van der Waals surface area contributed by atoms with E-state index in [1.54, 1.807) is 6.92 Å². The van der Waals surface area contributed by atoms with Crippen molar-refractivity contribution < 1.29 is 19.1 Å². The van der Waals surface area contributed by atoms with Crippen LogP contribution in [0, 0.1) is 5.92 Å². The predicted molar refractivity (Wildman–Crippen MR) is 74.9 cm³/mol. The molecule has 5 nitrogen and oxygen atoms in total. The van der Waals surface area contributed by atoms with Gasteiger partial charge in [0.15, 0.2) is 5.78 Å². The van der Waals surface area contributed by atoms with Crippen LogP contribution in [-0.2, 0) is 25.7 Å². The molecule has 1 aromatic rings. The smallest absolute Gasteiger partial charge is 0.309 e. The Morgan fingerprint density at radius 2 is 1.90 bits per heavy atom. The van der Waals surface area contributed by atoms with E-state index in [2.05, 4.69) is 0 Å². The quantitative estimate of drug-likeness (QED) is 0.726. The first-order valence-electron chi connectivity index (χ1n) is 6.52. The van der Waals surface area contributed by atoms with Gasteiger partial charge in [0, 0.05) is 13.5 Å². The Morgan fingerprint density at radius 1 is 1.25 bits per heavy atom. The summed E-state index contributed by atoms with van der Waals surface area (Å²) in [5.41, 5.74) is 6.53. The van der Waals surface area contributed by atoms with Crippen LogP contribution in [0.1, 0.15) is 18.9 Å². The highest BCUT2D eigenvalue weighted by Crippen LogP contribution is 2.09. The number of rotatable bonds is 8. The van der Waals surface area contributed by atoms with Crippen LogP contribution in [-0.4, -0.2) is 31.5 Å². The van der Waals surface area contributed by atoms with Gasteiger partial charge in [-0.1, -0.05) is 37.3 Å². The third-order valence-electron chi connectivity index (χ3n) is 2.89. The number of methoxy groups -OCH3 is 1. The lowest BCUT2D eigenvalue weighted by atomic mass is 10.0. The highest BCUT2D eigenvalue weighted by molar-refractivity contribution is 5.88. The van der Waals surface area contributed by atoms with E-state index in [0.29, 0.717) is 0 Å². The molecule has 0 aliphatic rings. The summed E-state index contributed by atoms with van der Waals surface area (Å²) in [5.74, 6) is -1.10. The van der Waals surface area contributed by atoms with Crippen molar-refractivity contribution in [2.75, 3.05) is 13.7 Å². The van der Waals surface area contributed by atoms with Crippen LogP contribution in [0.2, 0.25) is 0 Å². The lowest BCUT2D eigenvalue weighted by Crippen LogP contribution is -2.36. The maximum Gasteiger partial charge on any atom is 0.309 e. The molecule has 0 radical (unpaired) electrons. The van der Waals surface area contributed by atoms with Gasteiger partial charge in [-0.25, -0.2) is 0 Å². The molecular formula is C15H21NO4. The van der Waals surface area contributed by atoms with Crippen LogP contribution in [0.15, 0.2) is 30.3 Å². The topological polar surface area (TPSA) is 78.6 Å². The van der Waals surface area contributed by atoms with E-state index in [-0.39, 0.29) is 25.4 Å². The van der Waals surface area contributed by atoms with E-state index >= 15 is 0 Å². The number of ether oxygens (including phenoxy) is 2. The minimum absolute atomic E-state index is 0.0676. The summed E-state index contributed by atoms with van der Waals surface area (Å²) in [4.78, 5) is 23.5. The van der Waals surface area contributed by atoms with Gasteiger partial charge in [-0.3, -0.25) is 9.59 Å². The van der Waals surface area contributed by atoms with Crippen molar-refractivity contribution in [2.45, 2.75) is 26.0 Å². The fourth-order valence-corrected chi connectivity index (χ4v) is 1.68. The highest BCUT2D eigenvalue weighted by atomic mass is 16.5. The number of Topliss-reactive ketones (excluding diaryl/α,β-unsaturated/α-hetero) is 1. The van der Waals surface area contributed by atoms with E-state index in [1.165, 1.54) is 7.11 Å². The van der Waals surface area contributed by atoms with Crippen molar-refractivity contribution in [3.8, 4) is 0 Å².